The van der Waals surface area contributed by atoms with Crippen LogP contribution in [0.2, 0.25) is 0 Å². The average molecular weight is 233 g/mol. The van der Waals surface area contributed by atoms with E-state index in [-0.39, 0.29) is 5.41 Å². The highest BCUT2D eigenvalue weighted by Crippen LogP contribution is 2.25. The molecule has 0 aliphatic heterocycles. The summed E-state index contributed by atoms with van der Waals surface area (Å²) in [5.41, 5.74) is 5.86. The molecule has 0 bridgehead atoms. The molecule has 2 aromatic heterocycles. The van der Waals surface area contributed by atoms with E-state index in [1.165, 1.54) is 0 Å². The zero-order valence-electron chi connectivity index (χ0n) is 10.4. The molecule has 2 aromatic rings. The molecule has 0 radical (unpaired) electrons. The van der Waals surface area contributed by atoms with Gasteiger partial charge in [0, 0.05) is 18.8 Å². The summed E-state index contributed by atoms with van der Waals surface area (Å²) in [4.78, 5) is 4.15. The van der Waals surface area contributed by atoms with Gasteiger partial charge in [-0.1, -0.05) is 13.8 Å². The largest absolute Gasteiger partial charge is 0.330 e. The number of hydrogen-bond donors (Lipinski definition) is 1. The molecule has 0 amide bonds. The van der Waals surface area contributed by atoms with Gasteiger partial charge in [-0.05, 0) is 30.9 Å². The first-order valence-electron chi connectivity index (χ1n) is 5.97. The molecule has 0 aromatic carbocycles. The van der Waals surface area contributed by atoms with Gasteiger partial charge in [-0.25, -0.2) is 4.98 Å². The topological polar surface area (TPSA) is 69.1 Å². The summed E-state index contributed by atoms with van der Waals surface area (Å²) in [7, 11) is 0. The van der Waals surface area contributed by atoms with Crippen LogP contribution in [-0.4, -0.2) is 26.1 Å². The first-order chi connectivity index (χ1) is 8.12. The van der Waals surface area contributed by atoms with Gasteiger partial charge in [-0.2, -0.15) is 0 Å². The van der Waals surface area contributed by atoms with Crippen molar-refractivity contribution >= 4 is 5.78 Å². The third-order valence-electron chi connectivity index (χ3n) is 3.11. The zero-order chi connectivity index (χ0) is 12.3. The minimum Gasteiger partial charge on any atom is -0.330 e. The number of fused-ring (bicyclic) bond motifs is 1. The van der Waals surface area contributed by atoms with Gasteiger partial charge in [0.2, 0.25) is 0 Å². The third-order valence-corrected chi connectivity index (χ3v) is 3.11. The van der Waals surface area contributed by atoms with E-state index in [0.717, 1.165) is 31.6 Å². The van der Waals surface area contributed by atoms with Crippen LogP contribution in [0.4, 0.5) is 0 Å². The molecule has 17 heavy (non-hydrogen) atoms. The summed E-state index contributed by atoms with van der Waals surface area (Å²) in [6.07, 6.45) is 6.67. The van der Waals surface area contributed by atoms with Gasteiger partial charge < -0.3 is 5.73 Å². The highest BCUT2D eigenvalue weighted by atomic mass is 15.3. The van der Waals surface area contributed by atoms with Crippen LogP contribution in [-0.2, 0) is 6.42 Å². The second-order valence-corrected chi connectivity index (χ2v) is 5.11. The van der Waals surface area contributed by atoms with Gasteiger partial charge in [0.25, 0.3) is 5.78 Å². The lowest BCUT2D eigenvalue weighted by molar-refractivity contribution is 0.310. The van der Waals surface area contributed by atoms with Crippen LogP contribution in [0.3, 0.4) is 0 Å². The first-order valence-corrected chi connectivity index (χ1v) is 5.97. The number of nitrogens with zero attached hydrogens (tertiary/aromatic N) is 4. The monoisotopic (exact) mass is 233 g/mol. The normalized spacial score (nSPS) is 12.2. The second kappa shape index (κ2) is 4.79. The van der Waals surface area contributed by atoms with Crippen molar-refractivity contribution in [1.82, 2.24) is 19.6 Å². The Balaban J connectivity index is 2.09. The van der Waals surface area contributed by atoms with Crippen LogP contribution in [0.15, 0.2) is 18.5 Å². The van der Waals surface area contributed by atoms with E-state index >= 15 is 0 Å². The molecular formula is C12H19N5. The maximum Gasteiger partial charge on any atom is 0.254 e. The summed E-state index contributed by atoms with van der Waals surface area (Å²) < 4.78 is 1.94. The Morgan fingerprint density at radius 1 is 1.29 bits per heavy atom. The summed E-state index contributed by atoms with van der Waals surface area (Å²) >= 11 is 0. The number of aryl methyl sites for hydroxylation is 1. The van der Waals surface area contributed by atoms with Crippen molar-refractivity contribution in [1.29, 1.82) is 0 Å². The maximum atomic E-state index is 5.61. The van der Waals surface area contributed by atoms with Gasteiger partial charge in [0.1, 0.15) is 5.82 Å². The van der Waals surface area contributed by atoms with Crippen LogP contribution < -0.4 is 5.73 Å². The standard InChI is InChI=1S/C12H19N5/c1-12(2,6-7-13)5-4-10-15-16-11-14-8-3-9-17(10)11/h3,8-9H,4-7,13H2,1-2H3. The zero-order valence-corrected chi connectivity index (χ0v) is 10.4. The molecule has 5 nitrogen and oxygen atoms in total. The third kappa shape index (κ3) is 2.79. The SMILES string of the molecule is CC(C)(CCN)CCc1nnc2ncccn12. The minimum atomic E-state index is 0.253. The van der Waals surface area contributed by atoms with Crippen molar-refractivity contribution in [3.63, 3.8) is 0 Å². The molecular weight excluding hydrogens is 214 g/mol. The molecule has 0 atom stereocenters. The molecule has 0 aliphatic carbocycles. The number of aromatic nitrogens is 4. The predicted molar refractivity (Wildman–Crippen MR) is 66.6 cm³/mol. The van der Waals surface area contributed by atoms with Gasteiger partial charge in [-0.15, -0.1) is 10.2 Å². The molecule has 92 valence electrons. The fraction of sp³-hybridized carbons (Fsp3) is 0.583. The Hall–Kier alpha value is -1.49. The Labute approximate surface area is 101 Å². The van der Waals surface area contributed by atoms with Crippen molar-refractivity contribution in [3.8, 4) is 0 Å². The fourth-order valence-corrected chi connectivity index (χ4v) is 1.93. The van der Waals surface area contributed by atoms with Gasteiger partial charge >= 0.3 is 0 Å². The molecule has 0 unspecified atom stereocenters. The molecule has 0 aliphatic rings. The van der Waals surface area contributed by atoms with E-state index in [2.05, 4.69) is 29.0 Å². The lowest BCUT2D eigenvalue weighted by atomic mass is 9.84. The van der Waals surface area contributed by atoms with Crippen molar-refractivity contribution in [2.24, 2.45) is 11.1 Å². The molecule has 0 spiro atoms. The van der Waals surface area contributed by atoms with E-state index in [1.807, 2.05) is 16.7 Å². The van der Waals surface area contributed by atoms with Crippen LogP contribution in [0, 0.1) is 5.41 Å². The Kier molecular flexibility index (Phi) is 3.38. The highest BCUT2D eigenvalue weighted by molar-refractivity contribution is 5.26. The van der Waals surface area contributed by atoms with Gasteiger partial charge in [0.05, 0.1) is 0 Å². The van der Waals surface area contributed by atoms with E-state index in [4.69, 9.17) is 5.73 Å². The van der Waals surface area contributed by atoms with E-state index in [1.54, 1.807) is 6.20 Å². The maximum absolute atomic E-state index is 5.61. The van der Waals surface area contributed by atoms with Crippen molar-refractivity contribution in [2.75, 3.05) is 6.54 Å². The summed E-state index contributed by atoms with van der Waals surface area (Å²) in [5, 5.41) is 8.22. The number of hydrogen-bond acceptors (Lipinski definition) is 4. The molecule has 0 saturated heterocycles. The Morgan fingerprint density at radius 3 is 2.88 bits per heavy atom. The van der Waals surface area contributed by atoms with Crippen LogP contribution in [0.1, 0.15) is 32.5 Å². The second-order valence-electron chi connectivity index (χ2n) is 5.11. The highest BCUT2D eigenvalue weighted by Gasteiger charge is 2.18. The van der Waals surface area contributed by atoms with E-state index in [0.29, 0.717) is 5.78 Å². The van der Waals surface area contributed by atoms with Crippen LogP contribution in [0.25, 0.3) is 5.78 Å². The quantitative estimate of drug-likeness (QED) is 0.848. The first kappa shape index (κ1) is 12.0. The van der Waals surface area contributed by atoms with Crippen molar-refractivity contribution in [3.05, 3.63) is 24.3 Å². The van der Waals surface area contributed by atoms with Crippen molar-refractivity contribution < 1.29 is 0 Å². The Bertz CT molecular complexity index is 488. The molecule has 5 heteroatoms. The average Bonchev–Trinajstić information content (AvgIpc) is 2.70. The van der Waals surface area contributed by atoms with E-state index in [9.17, 15) is 0 Å². The van der Waals surface area contributed by atoms with Crippen LogP contribution >= 0.6 is 0 Å². The fourth-order valence-electron chi connectivity index (χ4n) is 1.93. The predicted octanol–water partition coefficient (Wildman–Crippen LogP) is 1.43. The van der Waals surface area contributed by atoms with Crippen molar-refractivity contribution in [2.45, 2.75) is 33.1 Å². The summed E-state index contributed by atoms with van der Waals surface area (Å²) in [6, 6.07) is 1.89. The number of rotatable bonds is 5. The summed E-state index contributed by atoms with van der Waals surface area (Å²) in [5.74, 6) is 1.64. The lowest BCUT2D eigenvalue weighted by Crippen LogP contribution is -2.18. The van der Waals surface area contributed by atoms with Gasteiger partial charge in [-0.3, -0.25) is 4.40 Å². The smallest absolute Gasteiger partial charge is 0.254 e. The molecule has 2 rings (SSSR count). The number of nitrogens with two attached hydrogens (primary N) is 1. The Morgan fingerprint density at radius 2 is 2.12 bits per heavy atom. The van der Waals surface area contributed by atoms with Crippen LogP contribution in [0.5, 0.6) is 0 Å². The molecule has 0 saturated carbocycles. The molecule has 0 fully saturated rings. The van der Waals surface area contributed by atoms with Gasteiger partial charge in [0.15, 0.2) is 0 Å². The summed E-state index contributed by atoms with van der Waals surface area (Å²) in [6.45, 7) is 5.21. The minimum absolute atomic E-state index is 0.253. The molecule has 2 N–H and O–H groups in total. The van der Waals surface area contributed by atoms with E-state index < -0.39 is 0 Å². The lowest BCUT2D eigenvalue weighted by Gasteiger charge is -2.23. The molecule has 2 heterocycles.